The Balaban J connectivity index is 1.82. The smallest absolute Gasteiger partial charge is 0.335 e. The predicted molar refractivity (Wildman–Crippen MR) is 112 cm³/mol. The first-order valence-corrected chi connectivity index (χ1v) is 10.9. The van der Waals surface area contributed by atoms with Crippen molar-refractivity contribution in [2.24, 2.45) is 0 Å². The largest absolute Gasteiger partial charge is 0.497 e. The van der Waals surface area contributed by atoms with E-state index in [0.717, 1.165) is 22.4 Å². The minimum absolute atomic E-state index is 0.0460. The van der Waals surface area contributed by atoms with Crippen molar-refractivity contribution in [2.45, 2.75) is 17.4 Å². The molecule has 0 fully saturated rings. The van der Waals surface area contributed by atoms with E-state index in [9.17, 15) is 13.2 Å². The van der Waals surface area contributed by atoms with Gasteiger partial charge in [0.05, 0.1) is 23.6 Å². The Kier molecular flexibility index (Phi) is 5.32. The van der Waals surface area contributed by atoms with Crippen molar-refractivity contribution in [3.63, 3.8) is 0 Å². The van der Waals surface area contributed by atoms with Crippen LogP contribution < -0.4 is 4.74 Å². The fraction of sp³-hybridized carbons (Fsp3) is 0.174. The summed E-state index contributed by atoms with van der Waals surface area (Å²) in [4.78, 5) is 11.2. The number of carbonyl (C=O) groups is 1. The van der Waals surface area contributed by atoms with Gasteiger partial charge >= 0.3 is 5.97 Å². The van der Waals surface area contributed by atoms with Crippen LogP contribution in [0.25, 0.3) is 0 Å². The van der Waals surface area contributed by atoms with E-state index in [0.29, 0.717) is 13.0 Å². The Morgan fingerprint density at radius 2 is 1.73 bits per heavy atom. The van der Waals surface area contributed by atoms with E-state index in [4.69, 9.17) is 9.84 Å². The summed E-state index contributed by atoms with van der Waals surface area (Å²) in [5.74, 6) is -0.358. The number of methoxy groups -OCH3 is 1. The maximum atomic E-state index is 13.5. The number of sulfonamides is 1. The van der Waals surface area contributed by atoms with Gasteiger partial charge in [-0.3, -0.25) is 0 Å². The highest BCUT2D eigenvalue weighted by Gasteiger charge is 2.37. The second-order valence-corrected chi connectivity index (χ2v) is 8.96. The molecule has 0 aliphatic carbocycles. The van der Waals surface area contributed by atoms with E-state index in [2.05, 4.69) is 0 Å². The molecule has 1 unspecified atom stereocenters. The molecule has 7 heteroatoms. The Labute approximate surface area is 175 Å². The fourth-order valence-corrected chi connectivity index (χ4v) is 5.45. The predicted octanol–water partition coefficient (Wildman–Crippen LogP) is 3.73. The van der Waals surface area contributed by atoms with Gasteiger partial charge in [0.1, 0.15) is 5.75 Å². The fourth-order valence-electron chi connectivity index (χ4n) is 3.85. The number of fused-ring (bicyclic) bond motifs is 1. The molecule has 3 aromatic carbocycles. The van der Waals surface area contributed by atoms with Gasteiger partial charge < -0.3 is 9.84 Å². The minimum atomic E-state index is -3.85. The van der Waals surface area contributed by atoms with Crippen LogP contribution in [0, 0.1) is 0 Å². The van der Waals surface area contributed by atoms with Crippen molar-refractivity contribution in [3.05, 3.63) is 95.1 Å². The molecule has 1 aliphatic rings. The van der Waals surface area contributed by atoms with E-state index in [1.807, 2.05) is 48.5 Å². The molecule has 0 saturated heterocycles. The van der Waals surface area contributed by atoms with Gasteiger partial charge in [0.15, 0.2) is 0 Å². The Morgan fingerprint density at radius 3 is 2.37 bits per heavy atom. The zero-order valence-electron chi connectivity index (χ0n) is 16.4. The third-order valence-electron chi connectivity index (χ3n) is 5.36. The molecule has 0 radical (unpaired) electrons. The number of ether oxygens (including phenoxy) is 1. The molecule has 30 heavy (non-hydrogen) atoms. The SMILES string of the molecule is COc1ccc2c(c1)CCN(S(=O)(=O)c1ccc(C(=O)O)cc1)C2c1ccccc1. The number of nitrogens with zero attached hydrogens (tertiary/aromatic N) is 1. The second kappa shape index (κ2) is 7.93. The molecule has 0 amide bonds. The van der Waals surface area contributed by atoms with Crippen molar-refractivity contribution in [3.8, 4) is 5.75 Å². The zero-order valence-corrected chi connectivity index (χ0v) is 17.2. The second-order valence-electron chi connectivity index (χ2n) is 7.07. The van der Waals surface area contributed by atoms with Gasteiger partial charge in [0, 0.05) is 6.54 Å². The molecule has 0 saturated carbocycles. The first kappa shape index (κ1) is 20.1. The first-order chi connectivity index (χ1) is 14.4. The van der Waals surface area contributed by atoms with E-state index in [-0.39, 0.29) is 10.5 Å². The number of hydrogen-bond donors (Lipinski definition) is 1. The summed E-state index contributed by atoms with van der Waals surface area (Å²) < 4.78 is 33.9. The monoisotopic (exact) mass is 423 g/mol. The van der Waals surface area contributed by atoms with Crippen molar-refractivity contribution in [1.82, 2.24) is 4.31 Å². The average Bonchev–Trinajstić information content (AvgIpc) is 2.78. The standard InChI is InChI=1S/C23H21NO5S/c1-29-19-9-12-21-18(15-19)13-14-24(22(21)16-5-3-2-4-6-16)30(27,28)20-10-7-17(8-11-20)23(25)26/h2-12,15,22H,13-14H2,1H3,(H,25,26). The molecular formula is C23H21NO5S. The first-order valence-electron chi connectivity index (χ1n) is 9.49. The molecule has 1 N–H and O–H groups in total. The summed E-state index contributed by atoms with van der Waals surface area (Å²) in [5.41, 5.74) is 2.88. The number of aromatic carboxylic acids is 1. The van der Waals surface area contributed by atoms with Gasteiger partial charge in [0.2, 0.25) is 10.0 Å². The van der Waals surface area contributed by atoms with Gasteiger partial charge in [-0.15, -0.1) is 0 Å². The molecular weight excluding hydrogens is 402 g/mol. The van der Waals surface area contributed by atoms with Gasteiger partial charge in [0.25, 0.3) is 0 Å². The molecule has 4 rings (SSSR count). The summed E-state index contributed by atoms with van der Waals surface area (Å²) in [6.45, 7) is 0.308. The highest BCUT2D eigenvalue weighted by atomic mass is 32.2. The summed E-state index contributed by atoms with van der Waals surface area (Å²) in [6.07, 6.45) is 0.558. The molecule has 0 aromatic heterocycles. The van der Waals surface area contributed by atoms with Crippen LogP contribution in [0.1, 0.15) is 33.1 Å². The molecule has 1 heterocycles. The molecule has 0 bridgehead atoms. The Bertz CT molecular complexity index is 1170. The van der Waals surface area contributed by atoms with E-state index in [1.54, 1.807) is 7.11 Å². The summed E-state index contributed by atoms with van der Waals surface area (Å²) in [5, 5.41) is 9.10. The lowest BCUT2D eigenvalue weighted by molar-refractivity contribution is 0.0696. The van der Waals surface area contributed by atoms with Crippen molar-refractivity contribution in [1.29, 1.82) is 0 Å². The molecule has 1 atom stereocenters. The van der Waals surface area contributed by atoms with Crippen LogP contribution in [0.3, 0.4) is 0 Å². The summed E-state index contributed by atoms with van der Waals surface area (Å²) in [6, 6.07) is 20.1. The van der Waals surface area contributed by atoms with Crippen molar-refractivity contribution in [2.75, 3.05) is 13.7 Å². The van der Waals surface area contributed by atoms with E-state index in [1.165, 1.54) is 28.6 Å². The van der Waals surface area contributed by atoms with Crippen LogP contribution in [0.15, 0.2) is 77.7 Å². The van der Waals surface area contributed by atoms with Crippen LogP contribution in [-0.2, 0) is 16.4 Å². The molecule has 3 aromatic rings. The maximum absolute atomic E-state index is 13.5. The van der Waals surface area contributed by atoms with Crippen LogP contribution >= 0.6 is 0 Å². The number of carboxylic acid groups (broad SMARTS) is 1. The zero-order chi connectivity index (χ0) is 21.3. The molecule has 0 spiro atoms. The number of benzene rings is 3. The maximum Gasteiger partial charge on any atom is 0.335 e. The lowest BCUT2D eigenvalue weighted by atomic mass is 9.90. The Morgan fingerprint density at radius 1 is 1.03 bits per heavy atom. The lowest BCUT2D eigenvalue weighted by Gasteiger charge is -2.37. The summed E-state index contributed by atoms with van der Waals surface area (Å²) in [7, 11) is -2.24. The quantitative estimate of drug-likeness (QED) is 0.676. The van der Waals surface area contributed by atoms with Crippen LogP contribution in [0.2, 0.25) is 0 Å². The molecule has 6 nitrogen and oxygen atoms in total. The van der Waals surface area contributed by atoms with Gasteiger partial charge in [-0.2, -0.15) is 4.31 Å². The topological polar surface area (TPSA) is 83.9 Å². The number of rotatable bonds is 5. The van der Waals surface area contributed by atoms with Crippen molar-refractivity contribution < 1.29 is 23.1 Å². The lowest BCUT2D eigenvalue weighted by Crippen LogP contribution is -2.40. The van der Waals surface area contributed by atoms with Crippen LogP contribution in [0.4, 0.5) is 0 Å². The van der Waals surface area contributed by atoms with E-state index >= 15 is 0 Å². The number of hydrogen-bond acceptors (Lipinski definition) is 4. The molecule has 154 valence electrons. The third kappa shape index (κ3) is 3.58. The normalized spacial score (nSPS) is 16.6. The number of carboxylic acids is 1. The highest BCUT2D eigenvalue weighted by molar-refractivity contribution is 7.89. The van der Waals surface area contributed by atoms with Gasteiger partial charge in [-0.25, -0.2) is 13.2 Å². The summed E-state index contributed by atoms with van der Waals surface area (Å²) >= 11 is 0. The highest BCUT2D eigenvalue weighted by Crippen LogP contribution is 2.39. The van der Waals surface area contributed by atoms with Crippen LogP contribution in [0.5, 0.6) is 5.75 Å². The van der Waals surface area contributed by atoms with Crippen molar-refractivity contribution >= 4 is 16.0 Å². The average molecular weight is 423 g/mol. The van der Waals surface area contributed by atoms with E-state index < -0.39 is 22.0 Å². The van der Waals surface area contributed by atoms with Gasteiger partial charge in [-0.05, 0) is 59.5 Å². The third-order valence-corrected chi connectivity index (χ3v) is 7.24. The van der Waals surface area contributed by atoms with Gasteiger partial charge in [-0.1, -0.05) is 36.4 Å². The van der Waals surface area contributed by atoms with Crippen LogP contribution in [-0.4, -0.2) is 37.5 Å². The molecule has 1 aliphatic heterocycles. The Hall–Kier alpha value is -3.16. The minimum Gasteiger partial charge on any atom is -0.497 e.